The van der Waals surface area contributed by atoms with Gasteiger partial charge in [0.1, 0.15) is 0 Å². The summed E-state index contributed by atoms with van der Waals surface area (Å²) in [7, 11) is 0. The number of para-hydroxylation sites is 4. The summed E-state index contributed by atoms with van der Waals surface area (Å²) in [6.45, 7) is 4.35. The van der Waals surface area contributed by atoms with E-state index in [4.69, 9.17) is 15.0 Å². The molecule has 6 aromatic heterocycles. The summed E-state index contributed by atoms with van der Waals surface area (Å²) in [5.41, 5.74) is 19.8. The summed E-state index contributed by atoms with van der Waals surface area (Å²) in [6.07, 6.45) is 0. The number of hydrogen-bond acceptors (Lipinski definition) is 3. The molecule has 0 aliphatic heterocycles. The van der Waals surface area contributed by atoms with Gasteiger partial charge in [0, 0.05) is 87.7 Å². The SMILES string of the molecule is Cc1cccc(-n2c3ccccc3c3ccc4c5ccccc5n(-c5ccc6c(c5)c5cc(-n7c8ccccc8c8ccc9c%10ccccc%10n(-c%10cccc(C)c%10)c9c87)ccc5n6-c5nc(-c6ccccc6)nc(-c6ccccc6)n5)c4c32)c1. The molecule has 0 fully saturated rings. The molecule has 6 heterocycles. The van der Waals surface area contributed by atoms with Crippen LogP contribution in [0.3, 0.4) is 0 Å². The summed E-state index contributed by atoms with van der Waals surface area (Å²) in [5.74, 6) is 1.74. The first-order valence-electron chi connectivity index (χ1n) is 29.0. The number of nitrogens with zero attached hydrogens (tertiary/aromatic N) is 8. The van der Waals surface area contributed by atoms with Crippen LogP contribution < -0.4 is 0 Å². The van der Waals surface area contributed by atoms with Crippen LogP contribution >= 0.6 is 0 Å². The third-order valence-corrected chi connectivity index (χ3v) is 17.6. The van der Waals surface area contributed by atoms with Crippen molar-refractivity contribution in [3.8, 4) is 51.5 Å². The molecule has 0 N–H and O–H groups in total. The fourth-order valence-corrected chi connectivity index (χ4v) is 14.0. The molecule has 0 aliphatic rings. The van der Waals surface area contributed by atoms with Gasteiger partial charge in [-0.3, -0.25) is 4.57 Å². The topological polar surface area (TPSA) is 63.3 Å². The van der Waals surface area contributed by atoms with Crippen LogP contribution in [-0.4, -0.2) is 37.8 Å². The molecule has 0 aliphatic carbocycles. The number of aryl methyl sites for hydroxylation is 2. The van der Waals surface area contributed by atoms with Gasteiger partial charge in [0.2, 0.25) is 5.95 Å². The Balaban J connectivity index is 0.973. The lowest BCUT2D eigenvalue weighted by molar-refractivity contribution is 0.953. The minimum Gasteiger partial charge on any atom is -0.307 e. The summed E-state index contributed by atoms with van der Waals surface area (Å²) in [5, 5.41) is 11.7. The molecule has 12 aromatic carbocycles. The molecule has 0 saturated heterocycles. The summed E-state index contributed by atoms with van der Waals surface area (Å²) < 4.78 is 12.2. The zero-order chi connectivity index (χ0) is 56.0. The van der Waals surface area contributed by atoms with Crippen molar-refractivity contribution in [1.29, 1.82) is 0 Å². The lowest BCUT2D eigenvalue weighted by Crippen LogP contribution is -2.06. The average Bonchev–Trinajstić information content (AvgIpc) is 1.77. The molecule has 0 amide bonds. The standard InChI is InChI=1S/C77H50N8/c1-47-19-17-25-51(43-47)81-65-31-13-9-27-55(65)59-37-39-61-57-29-11-15-33-67(57)83(73(61)71(59)81)53-35-41-69-63(45-53)64-46-54(36-42-70(64)85(69)77-79-75(49-21-5-3-6-22-49)78-76(80-77)50-23-7-4-8-24-50)84-68-34-16-12-30-58(68)62-40-38-60-56-28-10-14-32-66(56)82(72(60)74(62)84)52-26-18-20-48(2)44-52/h3-46H,1-2H3. The van der Waals surface area contributed by atoms with E-state index in [9.17, 15) is 0 Å². The van der Waals surface area contributed by atoms with E-state index in [1.807, 2.05) is 36.4 Å². The Bertz CT molecular complexity index is 5460. The summed E-state index contributed by atoms with van der Waals surface area (Å²) >= 11 is 0. The highest BCUT2D eigenvalue weighted by Crippen LogP contribution is 2.46. The monoisotopic (exact) mass is 1090 g/mol. The first-order valence-corrected chi connectivity index (χ1v) is 29.0. The number of aromatic nitrogens is 8. The highest BCUT2D eigenvalue weighted by molar-refractivity contribution is 6.26. The van der Waals surface area contributed by atoms with Gasteiger partial charge in [-0.2, -0.15) is 9.97 Å². The van der Waals surface area contributed by atoms with E-state index in [0.29, 0.717) is 17.6 Å². The van der Waals surface area contributed by atoms with Gasteiger partial charge in [0.05, 0.1) is 55.2 Å². The molecular formula is C77H50N8. The maximum absolute atomic E-state index is 5.40. The minimum atomic E-state index is 0.538. The van der Waals surface area contributed by atoms with Crippen LogP contribution in [0.15, 0.2) is 267 Å². The lowest BCUT2D eigenvalue weighted by atomic mass is 10.1. The predicted octanol–water partition coefficient (Wildman–Crippen LogP) is 19.3. The van der Waals surface area contributed by atoms with Crippen LogP contribution in [0.5, 0.6) is 0 Å². The van der Waals surface area contributed by atoms with Crippen LogP contribution in [0, 0.1) is 13.8 Å². The lowest BCUT2D eigenvalue weighted by Gasteiger charge is -2.13. The molecule has 0 atom stereocenters. The maximum atomic E-state index is 5.40. The largest absolute Gasteiger partial charge is 0.307 e. The van der Waals surface area contributed by atoms with Gasteiger partial charge in [0.25, 0.3) is 0 Å². The van der Waals surface area contributed by atoms with Gasteiger partial charge in [-0.05, 0) is 110 Å². The van der Waals surface area contributed by atoms with Crippen molar-refractivity contribution in [3.05, 3.63) is 278 Å². The second kappa shape index (κ2) is 18.1. The fourth-order valence-electron chi connectivity index (χ4n) is 14.0. The van der Waals surface area contributed by atoms with E-state index >= 15 is 0 Å². The molecule has 8 heteroatoms. The number of benzene rings is 12. The molecule has 18 aromatic rings. The minimum absolute atomic E-state index is 0.538. The third kappa shape index (κ3) is 6.94. The second-order valence-electron chi connectivity index (χ2n) is 22.6. The fraction of sp³-hybridized carbons (Fsp3) is 0.0260. The summed E-state index contributed by atoms with van der Waals surface area (Å²) in [4.78, 5) is 16.0. The summed E-state index contributed by atoms with van der Waals surface area (Å²) in [6, 6.07) is 96.9. The molecule has 398 valence electrons. The number of fused-ring (bicyclic) bond motifs is 17. The van der Waals surface area contributed by atoms with Gasteiger partial charge in [0.15, 0.2) is 11.6 Å². The van der Waals surface area contributed by atoms with Crippen LogP contribution in [0.4, 0.5) is 0 Å². The van der Waals surface area contributed by atoms with E-state index in [1.165, 1.54) is 65.3 Å². The van der Waals surface area contributed by atoms with Crippen molar-refractivity contribution < 1.29 is 0 Å². The molecule has 0 saturated carbocycles. The predicted molar refractivity (Wildman–Crippen MR) is 352 cm³/mol. The number of rotatable bonds is 7. The highest BCUT2D eigenvalue weighted by atomic mass is 15.2. The van der Waals surface area contributed by atoms with Gasteiger partial charge < -0.3 is 18.3 Å². The van der Waals surface area contributed by atoms with Crippen molar-refractivity contribution in [1.82, 2.24) is 37.8 Å². The Hall–Kier alpha value is -11.4. The highest BCUT2D eigenvalue weighted by Gasteiger charge is 2.26. The van der Waals surface area contributed by atoms with E-state index < -0.39 is 0 Å². The first kappa shape index (κ1) is 47.3. The molecule has 0 bridgehead atoms. The van der Waals surface area contributed by atoms with Crippen molar-refractivity contribution in [2.75, 3.05) is 0 Å². The van der Waals surface area contributed by atoms with Crippen LogP contribution in [0.25, 0.3) is 161 Å². The normalized spacial score (nSPS) is 12.1. The van der Waals surface area contributed by atoms with E-state index in [2.05, 4.69) is 267 Å². The van der Waals surface area contributed by atoms with E-state index in [1.54, 1.807) is 0 Å². The van der Waals surface area contributed by atoms with Crippen molar-refractivity contribution >= 4 is 109 Å². The van der Waals surface area contributed by atoms with Crippen LogP contribution in [0.1, 0.15) is 11.1 Å². The smallest absolute Gasteiger partial charge is 0.238 e. The van der Waals surface area contributed by atoms with E-state index in [0.717, 1.165) is 88.8 Å². The van der Waals surface area contributed by atoms with Crippen molar-refractivity contribution in [2.24, 2.45) is 0 Å². The molecule has 18 rings (SSSR count). The van der Waals surface area contributed by atoms with Gasteiger partial charge in [-0.25, -0.2) is 4.98 Å². The Morgan fingerprint density at radius 3 is 0.894 bits per heavy atom. The molecule has 0 spiro atoms. The average molecular weight is 1090 g/mol. The Morgan fingerprint density at radius 1 is 0.224 bits per heavy atom. The maximum Gasteiger partial charge on any atom is 0.238 e. The molecular weight excluding hydrogens is 1040 g/mol. The van der Waals surface area contributed by atoms with Crippen molar-refractivity contribution in [2.45, 2.75) is 13.8 Å². The Labute approximate surface area is 487 Å². The first-order chi connectivity index (χ1) is 42.0. The third-order valence-electron chi connectivity index (χ3n) is 17.6. The van der Waals surface area contributed by atoms with Gasteiger partial charge in [-0.1, -0.05) is 182 Å². The zero-order valence-electron chi connectivity index (χ0n) is 46.5. The quantitative estimate of drug-likeness (QED) is 0.160. The molecule has 0 unspecified atom stereocenters. The molecule has 8 nitrogen and oxygen atoms in total. The van der Waals surface area contributed by atoms with Gasteiger partial charge in [-0.15, -0.1) is 0 Å². The molecule has 0 radical (unpaired) electrons. The van der Waals surface area contributed by atoms with Gasteiger partial charge >= 0.3 is 0 Å². The second-order valence-corrected chi connectivity index (χ2v) is 22.6. The molecule has 85 heavy (non-hydrogen) atoms. The van der Waals surface area contributed by atoms with Crippen LogP contribution in [0.2, 0.25) is 0 Å². The van der Waals surface area contributed by atoms with Crippen molar-refractivity contribution in [3.63, 3.8) is 0 Å². The Morgan fingerprint density at radius 2 is 0.541 bits per heavy atom. The zero-order valence-corrected chi connectivity index (χ0v) is 46.5. The number of hydrogen-bond donors (Lipinski definition) is 0. The van der Waals surface area contributed by atoms with Crippen LogP contribution in [-0.2, 0) is 0 Å². The van der Waals surface area contributed by atoms with E-state index in [-0.39, 0.29) is 0 Å². The Kier molecular flexibility index (Phi) is 10.1.